The van der Waals surface area contributed by atoms with Gasteiger partial charge < -0.3 is 21.3 Å². The lowest BCUT2D eigenvalue weighted by atomic mass is 10.1. The summed E-state index contributed by atoms with van der Waals surface area (Å²) >= 11 is 0. The highest BCUT2D eigenvalue weighted by Crippen LogP contribution is 2.25. The van der Waals surface area contributed by atoms with E-state index in [1.165, 1.54) is 0 Å². The number of carbonyl (C=O) groups excluding carboxylic acids is 1. The largest absolute Gasteiger partial charge is 0.398 e. The summed E-state index contributed by atoms with van der Waals surface area (Å²) in [6.07, 6.45) is 1.07. The smallest absolute Gasteiger partial charge is 0.250 e. The van der Waals surface area contributed by atoms with Crippen LogP contribution < -0.4 is 16.4 Å². The Morgan fingerprint density at radius 1 is 1.42 bits per heavy atom. The highest BCUT2D eigenvalue weighted by atomic mass is 16.1. The van der Waals surface area contributed by atoms with Crippen molar-refractivity contribution in [2.45, 2.75) is 19.4 Å². The van der Waals surface area contributed by atoms with Gasteiger partial charge in [0.1, 0.15) is 0 Å². The van der Waals surface area contributed by atoms with Crippen molar-refractivity contribution >= 4 is 17.3 Å². The molecule has 1 aromatic rings. The number of nitrogen functional groups attached to an aromatic ring is 1. The van der Waals surface area contributed by atoms with Crippen molar-refractivity contribution in [1.82, 2.24) is 4.90 Å². The molecule has 19 heavy (non-hydrogen) atoms. The molecular weight excluding hydrogens is 240 g/mol. The van der Waals surface area contributed by atoms with E-state index in [1.54, 1.807) is 6.07 Å². The van der Waals surface area contributed by atoms with E-state index in [-0.39, 0.29) is 0 Å². The minimum Gasteiger partial charge on any atom is -0.398 e. The Bertz CT molecular complexity index is 475. The zero-order valence-electron chi connectivity index (χ0n) is 11.6. The van der Waals surface area contributed by atoms with Crippen LogP contribution in [0.4, 0.5) is 11.4 Å². The molecular formula is C14H22N4O. The van der Waals surface area contributed by atoms with Crippen molar-refractivity contribution in [3.63, 3.8) is 0 Å². The summed E-state index contributed by atoms with van der Waals surface area (Å²) in [5, 5.41) is 0. The standard InChI is InChI=1S/C14H22N4O/c1-3-10-9-17(2)6-7-18(10)11-4-5-13(15)12(8-11)14(16)19/h4-5,8,10H,3,6-7,9,15H2,1-2H3,(H2,16,19)/t10-/m1/s1. The average molecular weight is 262 g/mol. The predicted octanol–water partition coefficient (Wildman–Crippen LogP) is 0.898. The lowest BCUT2D eigenvalue weighted by molar-refractivity contribution is 0.100. The Morgan fingerprint density at radius 3 is 2.79 bits per heavy atom. The summed E-state index contributed by atoms with van der Waals surface area (Å²) in [5.74, 6) is -0.471. The highest BCUT2D eigenvalue weighted by molar-refractivity contribution is 5.99. The first-order valence-corrected chi connectivity index (χ1v) is 6.67. The molecule has 2 rings (SSSR count). The number of primary amides is 1. The van der Waals surface area contributed by atoms with E-state index in [0.717, 1.165) is 31.7 Å². The monoisotopic (exact) mass is 262 g/mol. The number of piperazine rings is 1. The van der Waals surface area contributed by atoms with Crippen molar-refractivity contribution < 1.29 is 4.79 Å². The van der Waals surface area contributed by atoms with Crippen molar-refractivity contribution in [2.24, 2.45) is 5.73 Å². The van der Waals surface area contributed by atoms with E-state index in [9.17, 15) is 4.79 Å². The third-order valence-electron chi connectivity index (χ3n) is 3.79. The fraction of sp³-hybridized carbons (Fsp3) is 0.500. The molecule has 1 heterocycles. The first-order chi connectivity index (χ1) is 9.02. The van der Waals surface area contributed by atoms with Gasteiger partial charge in [0.2, 0.25) is 0 Å². The molecule has 5 heteroatoms. The third kappa shape index (κ3) is 2.81. The van der Waals surface area contributed by atoms with Gasteiger partial charge in [0, 0.05) is 37.1 Å². The van der Waals surface area contributed by atoms with Gasteiger partial charge in [-0.15, -0.1) is 0 Å². The molecule has 4 N–H and O–H groups in total. The number of hydrogen-bond donors (Lipinski definition) is 2. The SMILES string of the molecule is CC[C@@H]1CN(C)CCN1c1ccc(N)c(C(N)=O)c1. The van der Waals surface area contributed by atoms with Gasteiger partial charge in [-0.25, -0.2) is 0 Å². The quantitative estimate of drug-likeness (QED) is 0.794. The van der Waals surface area contributed by atoms with E-state index in [1.807, 2.05) is 12.1 Å². The highest BCUT2D eigenvalue weighted by Gasteiger charge is 2.24. The van der Waals surface area contributed by atoms with Crippen LogP contribution in [0.5, 0.6) is 0 Å². The van der Waals surface area contributed by atoms with Crippen molar-refractivity contribution in [3.8, 4) is 0 Å². The van der Waals surface area contributed by atoms with Gasteiger partial charge in [-0.2, -0.15) is 0 Å². The molecule has 1 aliphatic rings. The molecule has 1 amide bonds. The molecule has 0 unspecified atom stereocenters. The molecule has 0 spiro atoms. The predicted molar refractivity (Wildman–Crippen MR) is 78.3 cm³/mol. The Kier molecular flexibility index (Phi) is 3.95. The van der Waals surface area contributed by atoms with Gasteiger partial charge in [-0.3, -0.25) is 4.79 Å². The molecule has 1 aromatic carbocycles. The molecule has 0 aliphatic carbocycles. The van der Waals surface area contributed by atoms with Crippen LogP contribution in [0.2, 0.25) is 0 Å². The molecule has 0 radical (unpaired) electrons. The number of likely N-dealkylation sites (N-methyl/N-ethyl adjacent to an activating group) is 1. The summed E-state index contributed by atoms with van der Waals surface area (Å²) in [6.45, 7) is 5.19. The van der Waals surface area contributed by atoms with Crippen LogP contribution >= 0.6 is 0 Å². The Balaban J connectivity index is 2.30. The molecule has 0 saturated carbocycles. The first kappa shape index (κ1) is 13.7. The first-order valence-electron chi connectivity index (χ1n) is 6.67. The number of carbonyl (C=O) groups is 1. The fourth-order valence-electron chi connectivity index (χ4n) is 2.64. The van der Waals surface area contributed by atoms with E-state index in [2.05, 4.69) is 23.8 Å². The molecule has 1 saturated heterocycles. The second kappa shape index (κ2) is 5.48. The molecule has 0 aromatic heterocycles. The van der Waals surface area contributed by atoms with E-state index >= 15 is 0 Å². The van der Waals surface area contributed by atoms with Gasteiger partial charge in [0.15, 0.2) is 0 Å². The Labute approximate surface area is 114 Å². The van der Waals surface area contributed by atoms with Crippen LogP contribution in [-0.2, 0) is 0 Å². The minimum absolute atomic E-state index is 0.409. The van der Waals surface area contributed by atoms with Crippen LogP contribution in [0, 0.1) is 0 Å². The summed E-state index contributed by atoms with van der Waals surface area (Å²) < 4.78 is 0. The van der Waals surface area contributed by atoms with Crippen LogP contribution in [0.1, 0.15) is 23.7 Å². The maximum atomic E-state index is 11.4. The van der Waals surface area contributed by atoms with Crippen molar-refractivity contribution in [1.29, 1.82) is 0 Å². The molecule has 1 fully saturated rings. The number of rotatable bonds is 3. The molecule has 1 atom stereocenters. The fourth-order valence-corrected chi connectivity index (χ4v) is 2.64. The van der Waals surface area contributed by atoms with Crippen LogP contribution in [0.3, 0.4) is 0 Å². The van der Waals surface area contributed by atoms with Gasteiger partial charge in [-0.05, 0) is 31.7 Å². The second-order valence-corrected chi connectivity index (χ2v) is 5.15. The molecule has 1 aliphatic heterocycles. The Hall–Kier alpha value is -1.75. The third-order valence-corrected chi connectivity index (χ3v) is 3.79. The second-order valence-electron chi connectivity index (χ2n) is 5.15. The van der Waals surface area contributed by atoms with E-state index < -0.39 is 5.91 Å². The van der Waals surface area contributed by atoms with Crippen molar-refractivity contribution in [2.75, 3.05) is 37.3 Å². The van der Waals surface area contributed by atoms with Gasteiger partial charge in [-0.1, -0.05) is 6.92 Å². The summed E-state index contributed by atoms with van der Waals surface area (Å²) in [4.78, 5) is 16.0. The average Bonchev–Trinajstić information content (AvgIpc) is 2.39. The number of anilines is 2. The Morgan fingerprint density at radius 2 is 2.16 bits per heavy atom. The molecule has 0 bridgehead atoms. The number of nitrogens with two attached hydrogens (primary N) is 2. The zero-order chi connectivity index (χ0) is 14.0. The molecule has 104 valence electrons. The normalized spacial score (nSPS) is 20.5. The van der Waals surface area contributed by atoms with E-state index in [0.29, 0.717) is 17.3 Å². The van der Waals surface area contributed by atoms with Crippen LogP contribution in [-0.4, -0.2) is 43.5 Å². The number of amides is 1. The van der Waals surface area contributed by atoms with Crippen LogP contribution in [0.15, 0.2) is 18.2 Å². The lowest BCUT2D eigenvalue weighted by Gasteiger charge is -2.41. The molecule has 5 nitrogen and oxygen atoms in total. The van der Waals surface area contributed by atoms with Crippen molar-refractivity contribution in [3.05, 3.63) is 23.8 Å². The zero-order valence-corrected chi connectivity index (χ0v) is 11.6. The minimum atomic E-state index is -0.471. The number of hydrogen-bond acceptors (Lipinski definition) is 4. The van der Waals surface area contributed by atoms with Gasteiger partial charge in [0.25, 0.3) is 5.91 Å². The topological polar surface area (TPSA) is 75.6 Å². The summed E-state index contributed by atoms with van der Waals surface area (Å²) in [6, 6.07) is 6.00. The number of benzene rings is 1. The lowest BCUT2D eigenvalue weighted by Crippen LogP contribution is -2.51. The summed E-state index contributed by atoms with van der Waals surface area (Å²) in [7, 11) is 2.14. The van der Waals surface area contributed by atoms with Gasteiger partial charge in [0.05, 0.1) is 5.56 Å². The van der Waals surface area contributed by atoms with E-state index in [4.69, 9.17) is 11.5 Å². The van der Waals surface area contributed by atoms with Gasteiger partial charge >= 0.3 is 0 Å². The van der Waals surface area contributed by atoms with Crippen LogP contribution in [0.25, 0.3) is 0 Å². The summed E-state index contributed by atoms with van der Waals surface area (Å²) in [5.41, 5.74) is 13.0. The number of nitrogens with zero attached hydrogens (tertiary/aromatic N) is 2. The maximum Gasteiger partial charge on any atom is 0.250 e. The maximum absolute atomic E-state index is 11.4.